The van der Waals surface area contributed by atoms with Gasteiger partial charge in [-0.1, -0.05) is 70.7 Å². The van der Waals surface area contributed by atoms with Gasteiger partial charge < -0.3 is 0 Å². The monoisotopic (exact) mass is 528 g/mol. The smallest absolute Gasteiger partial charge is 0.260 e. The van der Waals surface area contributed by atoms with Gasteiger partial charge in [0, 0.05) is 16.7 Å². The van der Waals surface area contributed by atoms with E-state index < -0.39 is 11.7 Å². The largest absolute Gasteiger partial charge is 0.416 e. The third kappa shape index (κ3) is 5.02. The normalized spacial score (nSPS) is 11.8. The molecule has 0 atom stereocenters. The number of aromatic nitrogens is 2. The number of nitrogens with zero attached hydrogens (tertiary/aromatic N) is 2. The lowest BCUT2D eigenvalue weighted by Gasteiger charge is -2.12. The molecule has 3 aromatic carbocycles. The lowest BCUT2D eigenvalue weighted by Crippen LogP contribution is -2.08. The highest BCUT2D eigenvalue weighted by molar-refractivity contribution is 6.42. The van der Waals surface area contributed by atoms with Crippen LogP contribution in [0.5, 0.6) is 0 Å². The molecule has 0 amide bonds. The topological polar surface area (TPSA) is 17.8 Å². The maximum absolute atomic E-state index is 13.2. The van der Waals surface area contributed by atoms with Gasteiger partial charge in [0.25, 0.3) is 0 Å². The quantitative estimate of drug-likeness (QED) is 0.257. The number of alkyl halides is 3. The van der Waals surface area contributed by atoms with Gasteiger partial charge in [-0.2, -0.15) is 18.3 Å². The van der Waals surface area contributed by atoms with Crippen molar-refractivity contribution in [3.63, 3.8) is 0 Å². The molecule has 0 saturated carbocycles. The van der Waals surface area contributed by atoms with Crippen LogP contribution in [0.1, 0.15) is 16.7 Å². The van der Waals surface area contributed by atoms with E-state index in [9.17, 15) is 13.2 Å². The summed E-state index contributed by atoms with van der Waals surface area (Å²) >= 11 is 24.6. The van der Waals surface area contributed by atoms with Gasteiger partial charge in [0.15, 0.2) is 0 Å². The Morgan fingerprint density at radius 2 is 1.39 bits per heavy atom. The van der Waals surface area contributed by atoms with Crippen molar-refractivity contribution in [1.29, 1.82) is 0 Å². The van der Waals surface area contributed by atoms with E-state index in [0.717, 1.165) is 28.8 Å². The molecule has 0 aliphatic heterocycles. The van der Waals surface area contributed by atoms with Crippen molar-refractivity contribution in [2.45, 2.75) is 19.6 Å². The molecule has 33 heavy (non-hydrogen) atoms. The van der Waals surface area contributed by atoms with Gasteiger partial charge in [0.1, 0.15) is 0 Å². The fourth-order valence-electron chi connectivity index (χ4n) is 3.61. The summed E-state index contributed by atoms with van der Waals surface area (Å²) < 4.78 is 41.3. The molecule has 1 aromatic heterocycles. The average molecular weight is 530 g/mol. The summed E-state index contributed by atoms with van der Waals surface area (Å²) in [5, 5.41) is 6.26. The molecule has 170 valence electrons. The van der Waals surface area contributed by atoms with Gasteiger partial charge in [0.05, 0.1) is 43.6 Å². The molecule has 0 radical (unpaired) electrons. The van der Waals surface area contributed by atoms with Gasteiger partial charge in [-0.15, -0.1) is 0 Å². The first-order valence-electron chi connectivity index (χ1n) is 9.69. The molecule has 0 N–H and O–H groups in total. The summed E-state index contributed by atoms with van der Waals surface area (Å²) in [7, 11) is 0. The summed E-state index contributed by atoms with van der Waals surface area (Å²) in [6.07, 6.45) is -4.44. The summed E-state index contributed by atoms with van der Waals surface area (Å²) in [6.45, 7) is 1.99. The third-order valence-corrected chi connectivity index (χ3v) is 6.64. The zero-order chi connectivity index (χ0) is 23.9. The highest BCUT2D eigenvalue weighted by Crippen LogP contribution is 2.37. The van der Waals surface area contributed by atoms with E-state index >= 15 is 0 Å². The van der Waals surface area contributed by atoms with Crippen LogP contribution >= 0.6 is 46.4 Å². The van der Waals surface area contributed by atoms with E-state index in [-0.39, 0.29) is 6.54 Å². The number of benzene rings is 3. The van der Waals surface area contributed by atoms with E-state index in [1.54, 1.807) is 47.1 Å². The van der Waals surface area contributed by atoms with Gasteiger partial charge in [-0.3, -0.25) is 4.68 Å². The SMILES string of the molecule is Cc1c(-c2ccc(Cl)c(Cl)c2)nn(Cc2cccc(C(F)(F)F)c2)c1-c1ccc(Cl)c(Cl)c1. The fraction of sp³-hybridized carbons (Fsp3) is 0.125. The number of rotatable bonds is 4. The van der Waals surface area contributed by atoms with E-state index in [2.05, 4.69) is 0 Å². The van der Waals surface area contributed by atoms with Crippen LogP contribution in [0, 0.1) is 6.92 Å². The van der Waals surface area contributed by atoms with Gasteiger partial charge in [0.2, 0.25) is 0 Å². The molecule has 0 aliphatic carbocycles. The van der Waals surface area contributed by atoms with Crippen LogP contribution in [0.4, 0.5) is 13.2 Å². The molecule has 0 aliphatic rings. The summed E-state index contributed by atoms with van der Waals surface area (Å²) in [6, 6.07) is 15.5. The summed E-state index contributed by atoms with van der Waals surface area (Å²) in [4.78, 5) is 0. The van der Waals surface area contributed by atoms with Crippen LogP contribution in [0.15, 0.2) is 60.7 Å². The highest BCUT2D eigenvalue weighted by Gasteiger charge is 2.30. The summed E-state index contributed by atoms with van der Waals surface area (Å²) in [5.74, 6) is 0. The van der Waals surface area contributed by atoms with Crippen molar-refractivity contribution in [2.75, 3.05) is 0 Å². The maximum Gasteiger partial charge on any atom is 0.416 e. The zero-order valence-electron chi connectivity index (χ0n) is 17.0. The van der Waals surface area contributed by atoms with Gasteiger partial charge >= 0.3 is 6.18 Å². The Hall–Kier alpha value is -2.18. The fourth-order valence-corrected chi connectivity index (χ4v) is 4.21. The third-order valence-electron chi connectivity index (χ3n) is 5.16. The predicted octanol–water partition coefficient (Wildman–Crippen LogP) is 9.21. The van der Waals surface area contributed by atoms with Crippen LogP contribution in [-0.2, 0) is 12.7 Å². The Kier molecular flexibility index (Phi) is 6.70. The second-order valence-electron chi connectivity index (χ2n) is 7.44. The minimum Gasteiger partial charge on any atom is -0.260 e. The van der Waals surface area contributed by atoms with Crippen LogP contribution in [0.3, 0.4) is 0 Å². The molecule has 0 unspecified atom stereocenters. The molecule has 4 aromatic rings. The number of hydrogen-bond donors (Lipinski definition) is 0. The Bertz CT molecular complexity index is 1350. The predicted molar refractivity (Wildman–Crippen MR) is 128 cm³/mol. The van der Waals surface area contributed by atoms with Crippen molar-refractivity contribution >= 4 is 46.4 Å². The standard InChI is InChI=1S/C24H15Cl4F3N2/c1-13-22(15-5-7-18(25)20(27)10-15)32-33(23(13)16-6-8-19(26)21(28)11-16)12-14-3-2-4-17(9-14)24(29,30)31/h2-11H,12H2,1H3. The molecule has 0 spiro atoms. The van der Waals surface area contributed by atoms with Crippen molar-refractivity contribution in [1.82, 2.24) is 9.78 Å². The molecule has 4 rings (SSSR count). The molecular formula is C24H15Cl4F3N2. The van der Waals surface area contributed by atoms with Gasteiger partial charge in [-0.05, 0) is 48.9 Å². The maximum atomic E-state index is 13.2. The number of hydrogen-bond acceptors (Lipinski definition) is 1. The second kappa shape index (κ2) is 9.22. The molecule has 9 heteroatoms. The van der Waals surface area contributed by atoms with E-state index in [4.69, 9.17) is 51.5 Å². The van der Waals surface area contributed by atoms with Crippen LogP contribution in [0.2, 0.25) is 20.1 Å². The van der Waals surface area contributed by atoms with E-state index in [0.29, 0.717) is 37.0 Å². The van der Waals surface area contributed by atoms with Gasteiger partial charge in [-0.25, -0.2) is 0 Å². The molecule has 0 bridgehead atoms. The van der Waals surface area contributed by atoms with E-state index in [1.165, 1.54) is 6.07 Å². The second-order valence-corrected chi connectivity index (χ2v) is 9.06. The first kappa shape index (κ1) is 24.0. The van der Waals surface area contributed by atoms with Crippen molar-refractivity contribution < 1.29 is 13.2 Å². The number of halogens is 7. The highest BCUT2D eigenvalue weighted by atomic mass is 35.5. The first-order chi connectivity index (χ1) is 15.5. The van der Waals surface area contributed by atoms with Crippen molar-refractivity contribution in [3.05, 3.63) is 97.4 Å². The van der Waals surface area contributed by atoms with Crippen LogP contribution in [0.25, 0.3) is 22.5 Å². The minimum absolute atomic E-state index is 0.113. The first-order valence-corrected chi connectivity index (χ1v) is 11.2. The lowest BCUT2D eigenvalue weighted by molar-refractivity contribution is -0.137. The van der Waals surface area contributed by atoms with E-state index in [1.807, 2.05) is 6.92 Å². The lowest BCUT2D eigenvalue weighted by atomic mass is 10.0. The molecule has 1 heterocycles. The molecule has 2 nitrogen and oxygen atoms in total. The Balaban J connectivity index is 1.88. The molecular weight excluding hydrogens is 515 g/mol. The zero-order valence-corrected chi connectivity index (χ0v) is 20.0. The van der Waals surface area contributed by atoms with Crippen molar-refractivity contribution in [2.24, 2.45) is 0 Å². The minimum atomic E-state index is -4.44. The summed E-state index contributed by atoms with van der Waals surface area (Å²) in [5.41, 5.74) is 3.32. The Morgan fingerprint density at radius 1 is 0.788 bits per heavy atom. The van der Waals surface area contributed by atoms with Crippen molar-refractivity contribution in [3.8, 4) is 22.5 Å². The van der Waals surface area contributed by atoms with Crippen LogP contribution < -0.4 is 0 Å². The molecule has 0 saturated heterocycles. The Morgan fingerprint density at radius 3 is 2.00 bits per heavy atom. The average Bonchev–Trinajstić information content (AvgIpc) is 3.07. The Labute approximate surface area is 208 Å². The van der Waals surface area contributed by atoms with Crippen LogP contribution in [-0.4, -0.2) is 9.78 Å². The molecule has 0 fully saturated rings.